The van der Waals surface area contributed by atoms with E-state index in [2.05, 4.69) is 108 Å². The molecule has 0 saturated heterocycles. The Morgan fingerprint density at radius 2 is 1.48 bits per heavy atom. The average Bonchev–Trinajstić information content (AvgIpc) is 3.04. The van der Waals surface area contributed by atoms with E-state index in [0.717, 1.165) is 76.4 Å². The molecule has 5 aliphatic rings. The van der Waals surface area contributed by atoms with Crippen LogP contribution in [-0.4, -0.2) is 28.8 Å². The smallest absolute Gasteiger partial charge is 0.310 e. The minimum absolute atomic E-state index is 0.0148. The molecule has 3 N–H and O–H groups in total. The third-order valence-electron chi connectivity index (χ3n) is 16.2. The summed E-state index contributed by atoms with van der Waals surface area (Å²) in [5.74, 6) is 0.520. The van der Waals surface area contributed by atoms with Crippen molar-refractivity contribution in [2.45, 2.75) is 112 Å². The Morgan fingerprint density at radius 1 is 0.792 bits per heavy atom. The van der Waals surface area contributed by atoms with Crippen molar-refractivity contribution in [1.82, 2.24) is 0 Å². The molecule has 3 aromatic rings. The number of rotatable bonds is 4. The van der Waals surface area contributed by atoms with Gasteiger partial charge in [0.2, 0.25) is 0 Å². The zero-order valence-corrected chi connectivity index (χ0v) is 30.2. The van der Waals surface area contributed by atoms with Gasteiger partial charge >= 0.3 is 5.97 Å². The first kappa shape index (κ1) is 32.4. The number of anilines is 1. The number of hydrogen-bond acceptors (Lipinski definition) is 3. The fourth-order valence-corrected chi connectivity index (χ4v) is 13.0. The number of carboxylic acids is 1. The molecule has 8 rings (SSSR count). The van der Waals surface area contributed by atoms with Crippen LogP contribution < -0.4 is 5.32 Å². The Bertz CT molecular complexity index is 1830. The van der Waals surface area contributed by atoms with E-state index in [9.17, 15) is 15.0 Å². The highest BCUT2D eigenvalue weighted by Gasteiger charge is 2.69. The topological polar surface area (TPSA) is 69.6 Å². The minimum atomic E-state index is -0.597. The molecular formula is C44H57NO3. The number of hydrogen-bond donors (Lipinski definition) is 3. The molecule has 0 heterocycles. The van der Waals surface area contributed by atoms with Crippen molar-refractivity contribution in [3.63, 3.8) is 0 Å². The number of nitrogens with one attached hydrogen (secondary N) is 1. The molecule has 9 atom stereocenters. The number of aliphatic hydroxyl groups is 1. The SMILES string of the molecule is CC1(C)CC[C@]2(C(=O)O)CC[C@]3(C)C(=CCC4[C@@]5(C)CC[C@H](O)[C@@](C)(CNc6ccc7cc8ccccc8cc7c6)C5CC[C@]43C)[C@@H]2C1. The highest BCUT2D eigenvalue weighted by atomic mass is 16.4. The van der Waals surface area contributed by atoms with Gasteiger partial charge in [0, 0.05) is 17.6 Å². The van der Waals surface area contributed by atoms with Gasteiger partial charge in [0.05, 0.1) is 11.5 Å². The van der Waals surface area contributed by atoms with Crippen molar-refractivity contribution in [2.75, 3.05) is 11.9 Å². The second kappa shape index (κ2) is 10.6. The fraction of sp³-hybridized carbons (Fsp3) is 0.614. The lowest BCUT2D eigenvalue weighted by molar-refractivity contribution is -0.206. The number of allylic oxidation sites excluding steroid dienone is 2. The van der Waals surface area contributed by atoms with Gasteiger partial charge < -0.3 is 15.5 Å². The van der Waals surface area contributed by atoms with Crippen LogP contribution in [-0.2, 0) is 4.79 Å². The molecule has 0 amide bonds. The molecule has 256 valence electrons. The van der Waals surface area contributed by atoms with Crippen molar-refractivity contribution < 1.29 is 15.0 Å². The number of fused-ring (bicyclic) bond motifs is 9. The lowest BCUT2D eigenvalue weighted by Crippen LogP contribution is -2.66. The van der Waals surface area contributed by atoms with Crippen molar-refractivity contribution in [1.29, 1.82) is 0 Å². The van der Waals surface area contributed by atoms with Crippen molar-refractivity contribution >= 4 is 33.2 Å². The minimum Gasteiger partial charge on any atom is -0.481 e. The Labute approximate surface area is 287 Å². The molecule has 4 nitrogen and oxygen atoms in total. The van der Waals surface area contributed by atoms with Crippen LogP contribution in [0.1, 0.15) is 106 Å². The maximum atomic E-state index is 13.0. The van der Waals surface area contributed by atoms with Crippen molar-refractivity contribution in [3.8, 4) is 0 Å². The molecule has 4 fully saturated rings. The molecule has 2 unspecified atom stereocenters. The largest absolute Gasteiger partial charge is 0.481 e. The van der Waals surface area contributed by atoms with E-state index in [1.807, 2.05) is 0 Å². The van der Waals surface area contributed by atoms with Gasteiger partial charge in [-0.25, -0.2) is 0 Å². The van der Waals surface area contributed by atoms with Gasteiger partial charge in [0.1, 0.15) is 0 Å². The fourth-order valence-electron chi connectivity index (χ4n) is 13.0. The van der Waals surface area contributed by atoms with Gasteiger partial charge in [-0.15, -0.1) is 0 Å². The van der Waals surface area contributed by atoms with Gasteiger partial charge in [-0.05, 0) is 149 Å². The van der Waals surface area contributed by atoms with E-state index in [-0.39, 0.29) is 39.1 Å². The number of carbonyl (C=O) groups is 1. The van der Waals surface area contributed by atoms with Crippen LogP contribution in [0.5, 0.6) is 0 Å². The highest BCUT2D eigenvalue weighted by molar-refractivity contribution is 5.99. The average molecular weight is 648 g/mol. The summed E-state index contributed by atoms with van der Waals surface area (Å²) in [4.78, 5) is 13.0. The summed E-state index contributed by atoms with van der Waals surface area (Å²) in [5, 5.41) is 31.4. The first-order valence-corrected chi connectivity index (χ1v) is 18.9. The quantitative estimate of drug-likeness (QED) is 0.195. The molecular weight excluding hydrogens is 590 g/mol. The van der Waals surface area contributed by atoms with Gasteiger partial charge in [-0.3, -0.25) is 4.79 Å². The first-order chi connectivity index (χ1) is 22.7. The summed E-state index contributed by atoms with van der Waals surface area (Å²) in [7, 11) is 0. The maximum absolute atomic E-state index is 13.0. The van der Waals surface area contributed by atoms with Crippen LogP contribution in [0.15, 0.2) is 66.2 Å². The summed E-state index contributed by atoms with van der Waals surface area (Å²) in [6, 6.07) is 19.8. The molecule has 4 saturated carbocycles. The Hall–Kier alpha value is -2.85. The number of aliphatic carboxylic acids is 1. The van der Waals surface area contributed by atoms with Crippen molar-refractivity contribution in [2.24, 2.45) is 50.2 Å². The summed E-state index contributed by atoms with van der Waals surface area (Å²) in [6.07, 6.45) is 12.0. The van der Waals surface area contributed by atoms with Crippen LogP contribution in [0.3, 0.4) is 0 Å². The second-order valence-corrected chi connectivity index (χ2v) is 18.9. The summed E-state index contributed by atoms with van der Waals surface area (Å²) >= 11 is 0. The lowest BCUT2D eigenvalue weighted by atomic mass is 9.33. The predicted molar refractivity (Wildman–Crippen MR) is 197 cm³/mol. The molecule has 0 aliphatic heterocycles. The highest BCUT2D eigenvalue weighted by Crippen LogP contribution is 2.75. The molecule has 0 bridgehead atoms. The Kier molecular flexibility index (Phi) is 7.13. The van der Waals surface area contributed by atoms with E-state index in [4.69, 9.17) is 0 Å². The number of benzene rings is 3. The van der Waals surface area contributed by atoms with Crippen LogP contribution in [0, 0.1) is 50.2 Å². The molecule has 3 aromatic carbocycles. The molecule has 0 radical (unpaired) electrons. The standard InChI is InChI=1S/C44H57NO3/c1-39(2)19-21-44(38(47)48)22-20-42(5)33(34(44)26-39)13-14-36-40(3)17-16-37(46)41(4,35(40)15-18-43(36,42)6)27-45-32-12-11-30-23-28-9-7-8-10-29(28)24-31(30)25-32/h7-13,23-25,34-37,45-46H,14-22,26-27H2,1-6H3,(H,47,48)/t34-,35?,36?,37-,40-,41-,42+,43+,44-/m0/s1. The monoisotopic (exact) mass is 647 g/mol. The third-order valence-corrected chi connectivity index (χ3v) is 16.2. The molecule has 5 aliphatic carbocycles. The van der Waals surface area contributed by atoms with E-state index < -0.39 is 11.4 Å². The first-order valence-electron chi connectivity index (χ1n) is 18.9. The maximum Gasteiger partial charge on any atom is 0.310 e. The number of aliphatic hydroxyl groups excluding tert-OH is 1. The second-order valence-electron chi connectivity index (χ2n) is 18.9. The molecule has 0 aromatic heterocycles. The van der Waals surface area contributed by atoms with Crippen LogP contribution in [0.25, 0.3) is 21.5 Å². The van der Waals surface area contributed by atoms with Gasteiger partial charge in [-0.2, -0.15) is 0 Å². The van der Waals surface area contributed by atoms with E-state index in [1.165, 1.54) is 27.1 Å². The van der Waals surface area contributed by atoms with Gasteiger partial charge in [-0.1, -0.05) is 83.5 Å². The Morgan fingerprint density at radius 3 is 2.21 bits per heavy atom. The molecule has 0 spiro atoms. The van der Waals surface area contributed by atoms with E-state index in [0.29, 0.717) is 11.8 Å². The van der Waals surface area contributed by atoms with E-state index in [1.54, 1.807) is 0 Å². The van der Waals surface area contributed by atoms with E-state index >= 15 is 0 Å². The van der Waals surface area contributed by atoms with Crippen molar-refractivity contribution in [3.05, 3.63) is 66.2 Å². The zero-order chi connectivity index (χ0) is 33.9. The van der Waals surface area contributed by atoms with Gasteiger partial charge in [0.25, 0.3) is 0 Å². The normalized spacial score (nSPS) is 41.8. The predicted octanol–water partition coefficient (Wildman–Crippen LogP) is 10.6. The Balaban J connectivity index is 1.10. The summed E-state index contributed by atoms with van der Waals surface area (Å²) in [6.45, 7) is 15.5. The molecule has 48 heavy (non-hydrogen) atoms. The van der Waals surface area contributed by atoms with Crippen LogP contribution in [0.2, 0.25) is 0 Å². The van der Waals surface area contributed by atoms with Gasteiger partial charge in [0.15, 0.2) is 0 Å². The zero-order valence-electron chi connectivity index (χ0n) is 30.2. The lowest BCUT2D eigenvalue weighted by Gasteiger charge is -2.71. The summed E-state index contributed by atoms with van der Waals surface area (Å²) in [5.41, 5.74) is 2.20. The molecule has 4 heteroatoms. The third kappa shape index (κ3) is 4.39. The van der Waals surface area contributed by atoms with Crippen LogP contribution in [0.4, 0.5) is 5.69 Å². The summed E-state index contributed by atoms with van der Waals surface area (Å²) < 4.78 is 0. The number of carboxylic acid groups (broad SMARTS) is 1. The van der Waals surface area contributed by atoms with Crippen LogP contribution >= 0.6 is 0 Å².